The highest BCUT2D eigenvalue weighted by Crippen LogP contribution is 2.32. The van der Waals surface area contributed by atoms with Gasteiger partial charge in [0.1, 0.15) is 0 Å². The summed E-state index contributed by atoms with van der Waals surface area (Å²) in [6.45, 7) is -0.0402. The Morgan fingerprint density at radius 1 is 1.40 bits per heavy atom. The molecular weight excluding hydrogens is 384 g/mol. The molecule has 2 aliphatic heterocycles. The van der Waals surface area contributed by atoms with Crippen molar-refractivity contribution >= 4 is 56.1 Å². The number of carbonyl (C=O) groups excluding carboxylic acids is 3. The molecule has 0 saturated carbocycles. The zero-order valence-electron chi connectivity index (χ0n) is 12.9. The molecule has 1 N–H and O–H groups in total. The predicted octanol–water partition coefficient (Wildman–Crippen LogP) is 1.60. The van der Waals surface area contributed by atoms with E-state index in [1.54, 1.807) is 6.08 Å². The minimum Gasteiger partial charge on any atom is -0.349 e. The average Bonchev–Trinajstić information content (AvgIpc) is 3.21. The van der Waals surface area contributed by atoms with Crippen LogP contribution in [0.1, 0.15) is 11.3 Å². The normalized spacial score (nSPS) is 23.6. The first-order valence-electron chi connectivity index (χ1n) is 7.33. The van der Waals surface area contributed by atoms with Crippen LogP contribution in [0, 0.1) is 0 Å². The molecule has 10 heteroatoms. The maximum absolute atomic E-state index is 12.3. The van der Waals surface area contributed by atoms with Crippen molar-refractivity contribution in [1.82, 2.24) is 10.2 Å². The van der Waals surface area contributed by atoms with E-state index in [1.165, 1.54) is 17.4 Å². The fourth-order valence-electron chi connectivity index (χ4n) is 2.35. The van der Waals surface area contributed by atoms with E-state index >= 15 is 0 Å². The van der Waals surface area contributed by atoms with Crippen molar-refractivity contribution < 1.29 is 22.8 Å². The van der Waals surface area contributed by atoms with Crippen LogP contribution in [-0.2, 0) is 19.4 Å². The molecule has 3 amide bonds. The minimum atomic E-state index is -3.25. The van der Waals surface area contributed by atoms with Crippen molar-refractivity contribution in [3.8, 4) is 0 Å². The Balaban J connectivity index is 1.54. The molecule has 7 nitrogen and oxygen atoms in total. The van der Waals surface area contributed by atoms with Crippen LogP contribution in [0.25, 0.3) is 6.08 Å². The van der Waals surface area contributed by atoms with Crippen molar-refractivity contribution in [2.75, 3.05) is 12.3 Å². The van der Waals surface area contributed by atoms with Gasteiger partial charge >= 0.3 is 0 Å². The SMILES string of the molecule is O=C(CCN1C(=O)S/C(=C\c2cccs2)C1=O)N[C@@H]1C=CS(=O)(=O)C1. The van der Waals surface area contributed by atoms with E-state index in [0.717, 1.165) is 26.9 Å². The number of carbonyl (C=O) groups is 3. The number of nitrogens with zero attached hydrogens (tertiary/aromatic N) is 1. The molecule has 1 fully saturated rings. The van der Waals surface area contributed by atoms with Gasteiger partial charge in [-0.25, -0.2) is 8.42 Å². The molecule has 0 bridgehead atoms. The molecule has 132 valence electrons. The molecule has 0 radical (unpaired) electrons. The zero-order valence-corrected chi connectivity index (χ0v) is 15.3. The van der Waals surface area contributed by atoms with E-state index in [4.69, 9.17) is 0 Å². The number of rotatable bonds is 5. The predicted molar refractivity (Wildman–Crippen MR) is 96.5 cm³/mol. The number of nitrogens with one attached hydrogen (secondary N) is 1. The first kappa shape index (κ1) is 17.9. The summed E-state index contributed by atoms with van der Waals surface area (Å²) < 4.78 is 22.6. The fraction of sp³-hybridized carbons (Fsp3) is 0.267. The van der Waals surface area contributed by atoms with Gasteiger partial charge in [0, 0.05) is 23.3 Å². The third kappa shape index (κ3) is 4.39. The molecule has 0 unspecified atom stereocenters. The molecular formula is C15H14N2O5S3. The second-order valence-corrected chi connectivity index (χ2v) is 9.33. The second kappa shape index (κ2) is 7.14. The van der Waals surface area contributed by atoms with E-state index in [0.29, 0.717) is 4.91 Å². The molecule has 2 aliphatic rings. The average molecular weight is 398 g/mol. The van der Waals surface area contributed by atoms with Crippen molar-refractivity contribution in [3.63, 3.8) is 0 Å². The Hall–Kier alpha value is -1.91. The van der Waals surface area contributed by atoms with Crippen LogP contribution in [0.15, 0.2) is 33.9 Å². The van der Waals surface area contributed by atoms with Crippen LogP contribution in [0.3, 0.4) is 0 Å². The van der Waals surface area contributed by atoms with Crippen molar-refractivity contribution in [2.45, 2.75) is 12.5 Å². The molecule has 0 aromatic carbocycles. The highest BCUT2D eigenvalue weighted by Gasteiger charge is 2.35. The van der Waals surface area contributed by atoms with Gasteiger partial charge in [-0.05, 0) is 35.4 Å². The second-order valence-electron chi connectivity index (χ2n) is 5.43. The van der Waals surface area contributed by atoms with Crippen LogP contribution in [-0.4, -0.2) is 48.7 Å². The minimum absolute atomic E-state index is 0.0402. The molecule has 1 atom stereocenters. The topological polar surface area (TPSA) is 101 Å². The molecule has 0 aliphatic carbocycles. The quantitative estimate of drug-likeness (QED) is 0.756. The van der Waals surface area contributed by atoms with Gasteiger partial charge in [0.25, 0.3) is 11.1 Å². The van der Waals surface area contributed by atoms with Gasteiger partial charge in [-0.1, -0.05) is 6.07 Å². The summed E-state index contributed by atoms with van der Waals surface area (Å²) in [5, 5.41) is 5.10. The maximum Gasteiger partial charge on any atom is 0.293 e. The lowest BCUT2D eigenvalue weighted by atomic mass is 10.3. The standard InChI is InChI=1S/C15H14N2O5S3/c18-13(16-10-4-7-25(21,22)9-10)3-5-17-14(19)12(24-15(17)20)8-11-2-1-6-23-11/h1-2,4,6-8,10H,3,5,9H2,(H,16,18)/b12-8-/t10-/m1/s1. The molecule has 1 aromatic heterocycles. The Labute approximate surface area is 152 Å². The summed E-state index contributed by atoms with van der Waals surface area (Å²) >= 11 is 2.31. The summed E-state index contributed by atoms with van der Waals surface area (Å²) in [5.74, 6) is -0.989. The van der Waals surface area contributed by atoms with E-state index in [-0.39, 0.29) is 18.7 Å². The van der Waals surface area contributed by atoms with E-state index < -0.39 is 32.9 Å². The Morgan fingerprint density at radius 3 is 2.84 bits per heavy atom. The first-order valence-corrected chi connectivity index (χ1v) is 10.7. The lowest BCUT2D eigenvalue weighted by Crippen LogP contribution is -2.38. The van der Waals surface area contributed by atoms with Gasteiger partial charge in [-0.3, -0.25) is 19.3 Å². The van der Waals surface area contributed by atoms with Crippen LogP contribution in [0.5, 0.6) is 0 Å². The smallest absolute Gasteiger partial charge is 0.293 e. The number of amides is 3. The Bertz CT molecular complexity index is 871. The number of thiophene rings is 1. The number of hydrogen-bond donors (Lipinski definition) is 1. The lowest BCUT2D eigenvalue weighted by Gasteiger charge is -2.14. The maximum atomic E-state index is 12.3. The number of hydrogen-bond acceptors (Lipinski definition) is 7. The summed E-state index contributed by atoms with van der Waals surface area (Å²) in [7, 11) is -3.25. The lowest BCUT2D eigenvalue weighted by molar-refractivity contribution is -0.124. The van der Waals surface area contributed by atoms with E-state index in [1.807, 2.05) is 17.5 Å². The van der Waals surface area contributed by atoms with E-state index in [9.17, 15) is 22.8 Å². The third-order valence-electron chi connectivity index (χ3n) is 3.53. The van der Waals surface area contributed by atoms with Gasteiger partial charge in [0.2, 0.25) is 5.91 Å². The molecule has 3 rings (SSSR count). The molecule has 1 aromatic rings. The summed E-state index contributed by atoms with van der Waals surface area (Å²) in [6, 6.07) is 3.13. The Morgan fingerprint density at radius 2 is 2.20 bits per heavy atom. The fourth-order valence-corrected chi connectivity index (χ4v) is 5.18. The summed E-state index contributed by atoms with van der Waals surface area (Å²) in [6.07, 6.45) is 3.00. The summed E-state index contributed by atoms with van der Waals surface area (Å²) in [5.41, 5.74) is 0. The van der Waals surface area contributed by atoms with Gasteiger partial charge in [-0.2, -0.15) is 0 Å². The largest absolute Gasteiger partial charge is 0.349 e. The van der Waals surface area contributed by atoms with Crippen LogP contribution >= 0.6 is 23.1 Å². The summed E-state index contributed by atoms with van der Waals surface area (Å²) in [4.78, 5) is 38.4. The van der Waals surface area contributed by atoms with Crippen molar-refractivity contribution in [3.05, 3.63) is 38.8 Å². The first-order chi connectivity index (χ1) is 11.8. The molecule has 0 spiro atoms. The molecule has 1 saturated heterocycles. The van der Waals surface area contributed by atoms with Crippen LogP contribution < -0.4 is 5.32 Å². The number of sulfone groups is 1. The number of thioether (sulfide) groups is 1. The van der Waals surface area contributed by atoms with Gasteiger partial charge in [0.05, 0.1) is 16.7 Å². The van der Waals surface area contributed by atoms with Gasteiger partial charge in [0.15, 0.2) is 9.84 Å². The monoisotopic (exact) mass is 398 g/mol. The third-order valence-corrected chi connectivity index (χ3v) is 6.65. The van der Waals surface area contributed by atoms with Gasteiger partial charge < -0.3 is 5.32 Å². The zero-order chi connectivity index (χ0) is 18.0. The molecule has 3 heterocycles. The number of imide groups is 1. The van der Waals surface area contributed by atoms with E-state index in [2.05, 4.69) is 5.32 Å². The van der Waals surface area contributed by atoms with Crippen LogP contribution in [0.2, 0.25) is 0 Å². The van der Waals surface area contributed by atoms with Crippen LogP contribution in [0.4, 0.5) is 4.79 Å². The Kier molecular flexibility index (Phi) is 5.11. The van der Waals surface area contributed by atoms with Crippen molar-refractivity contribution in [2.24, 2.45) is 0 Å². The highest BCUT2D eigenvalue weighted by atomic mass is 32.2. The van der Waals surface area contributed by atoms with Gasteiger partial charge in [-0.15, -0.1) is 11.3 Å². The van der Waals surface area contributed by atoms with Crippen molar-refractivity contribution in [1.29, 1.82) is 0 Å². The highest BCUT2D eigenvalue weighted by molar-refractivity contribution is 8.18. The molecule has 25 heavy (non-hydrogen) atoms.